The quantitative estimate of drug-likeness (QED) is 0.781. The van der Waals surface area contributed by atoms with Gasteiger partial charge < -0.3 is 15.7 Å². The summed E-state index contributed by atoms with van der Waals surface area (Å²) in [6, 6.07) is 4.82. The van der Waals surface area contributed by atoms with Crippen LogP contribution < -0.4 is 10.6 Å². The molecule has 0 aromatic heterocycles. The van der Waals surface area contributed by atoms with Crippen molar-refractivity contribution >= 4 is 23.3 Å². The second-order valence-corrected chi connectivity index (χ2v) is 6.08. The SMILES string of the molecule is CCC1CCC2(CC1)Nc1ccc(C(=O)O)cc1NC2=O. The lowest BCUT2D eigenvalue weighted by Crippen LogP contribution is -2.54. The standard InChI is InChI=1S/C16H20N2O3/c1-2-10-5-7-16(8-6-10)15(21)17-13-9-11(14(19)20)3-4-12(13)18-16/h3-4,9-10,18H,2,5-8H2,1H3,(H,17,21)(H,19,20). The number of hydrogen-bond acceptors (Lipinski definition) is 3. The van der Waals surface area contributed by atoms with Crippen LogP contribution in [-0.2, 0) is 4.79 Å². The Hall–Kier alpha value is -2.04. The van der Waals surface area contributed by atoms with Crippen molar-refractivity contribution in [1.82, 2.24) is 0 Å². The van der Waals surface area contributed by atoms with E-state index in [4.69, 9.17) is 5.11 Å². The van der Waals surface area contributed by atoms with Gasteiger partial charge in [0.15, 0.2) is 0 Å². The van der Waals surface area contributed by atoms with E-state index in [0.717, 1.165) is 37.8 Å². The number of anilines is 2. The first-order valence-electron chi connectivity index (χ1n) is 7.51. The molecule has 112 valence electrons. The third-order valence-electron chi connectivity index (χ3n) is 4.86. The summed E-state index contributed by atoms with van der Waals surface area (Å²) < 4.78 is 0. The molecule has 0 saturated heterocycles. The molecule has 2 aliphatic rings. The third kappa shape index (κ3) is 2.37. The molecule has 0 unspecified atom stereocenters. The molecule has 1 heterocycles. The lowest BCUT2D eigenvalue weighted by Gasteiger charge is -2.43. The minimum Gasteiger partial charge on any atom is -0.478 e. The minimum atomic E-state index is -0.990. The number of hydrogen-bond donors (Lipinski definition) is 3. The van der Waals surface area contributed by atoms with Gasteiger partial charge in [0.25, 0.3) is 0 Å². The summed E-state index contributed by atoms with van der Waals surface area (Å²) in [4.78, 5) is 23.5. The number of nitrogens with one attached hydrogen (secondary N) is 2. The molecule has 21 heavy (non-hydrogen) atoms. The molecule has 5 heteroatoms. The highest BCUT2D eigenvalue weighted by molar-refractivity contribution is 6.07. The number of benzene rings is 1. The maximum Gasteiger partial charge on any atom is 0.335 e. The van der Waals surface area contributed by atoms with Crippen molar-refractivity contribution in [1.29, 1.82) is 0 Å². The zero-order chi connectivity index (χ0) is 15.0. The number of carbonyl (C=O) groups excluding carboxylic acids is 1. The number of fused-ring (bicyclic) bond motifs is 1. The molecule has 1 aromatic rings. The molecule has 1 saturated carbocycles. The van der Waals surface area contributed by atoms with Gasteiger partial charge in [0.2, 0.25) is 5.91 Å². The molecule has 1 aliphatic heterocycles. The molecule has 1 amide bonds. The van der Waals surface area contributed by atoms with Crippen LogP contribution in [0.5, 0.6) is 0 Å². The topological polar surface area (TPSA) is 78.4 Å². The van der Waals surface area contributed by atoms with Crippen molar-refractivity contribution in [2.75, 3.05) is 10.6 Å². The Morgan fingerprint density at radius 1 is 1.33 bits per heavy atom. The fourth-order valence-electron chi connectivity index (χ4n) is 3.38. The Labute approximate surface area is 123 Å². The Morgan fingerprint density at radius 3 is 2.67 bits per heavy atom. The lowest BCUT2D eigenvalue weighted by atomic mass is 9.74. The molecule has 1 aliphatic carbocycles. The fraction of sp³-hybridized carbons (Fsp3) is 0.500. The van der Waals surface area contributed by atoms with Crippen LogP contribution in [0.3, 0.4) is 0 Å². The number of amides is 1. The number of carbonyl (C=O) groups is 2. The van der Waals surface area contributed by atoms with Crippen molar-refractivity contribution in [2.24, 2.45) is 5.92 Å². The smallest absolute Gasteiger partial charge is 0.335 e. The van der Waals surface area contributed by atoms with Crippen LogP contribution in [0.1, 0.15) is 49.4 Å². The molecule has 0 radical (unpaired) electrons. The summed E-state index contributed by atoms with van der Waals surface area (Å²) in [6.07, 6.45) is 4.93. The highest BCUT2D eigenvalue weighted by atomic mass is 16.4. The van der Waals surface area contributed by atoms with Crippen LogP contribution in [0.25, 0.3) is 0 Å². The van der Waals surface area contributed by atoms with Crippen molar-refractivity contribution in [3.05, 3.63) is 23.8 Å². The molecule has 5 nitrogen and oxygen atoms in total. The number of aromatic carboxylic acids is 1. The van der Waals surface area contributed by atoms with Gasteiger partial charge in [0.1, 0.15) is 5.54 Å². The third-order valence-corrected chi connectivity index (χ3v) is 4.86. The Balaban J connectivity index is 1.86. The van der Waals surface area contributed by atoms with E-state index in [0.29, 0.717) is 11.6 Å². The van der Waals surface area contributed by atoms with E-state index in [-0.39, 0.29) is 11.5 Å². The molecule has 0 bridgehead atoms. The van der Waals surface area contributed by atoms with Gasteiger partial charge >= 0.3 is 5.97 Å². The highest BCUT2D eigenvalue weighted by Gasteiger charge is 2.44. The Bertz CT molecular complexity index is 589. The molecule has 1 fully saturated rings. The maximum absolute atomic E-state index is 12.5. The van der Waals surface area contributed by atoms with E-state index >= 15 is 0 Å². The zero-order valence-corrected chi connectivity index (χ0v) is 12.1. The van der Waals surface area contributed by atoms with Gasteiger partial charge in [-0.1, -0.05) is 13.3 Å². The average Bonchev–Trinajstić information content (AvgIpc) is 2.49. The number of carboxylic acids is 1. The zero-order valence-electron chi connectivity index (χ0n) is 12.1. The van der Waals surface area contributed by atoms with E-state index in [2.05, 4.69) is 17.6 Å². The van der Waals surface area contributed by atoms with Gasteiger partial charge in [-0.25, -0.2) is 4.79 Å². The van der Waals surface area contributed by atoms with Gasteiger partial charge in [0, 0.05) is 0 Å². The Kier molecular flexibility index (Phi) is 3.35. The normalized spacial score (nSPS) is 27.7. The molecular formula is C16H20N2O3. The summed E-state index contributed by atoms with van der Waals surface area (Å²) in [7, 11) is 0. The van der Waals surface area contributed by atoms with Crippen LogP contribution >= 0.6 is 0 Å². The van der Waals surface area contributed by atoms with Gasteiger partial charge in [-0.2, -0.15) is 0 Å². The van der Waals surface area contributed by atoms with E-state index in [1.807, 2.05) is 0 Å². The van der Waals surface area contributed by atoms with Crippen LogP contribution in [0.2, 0.25) is 0 Å². The summed E-state index contributed by atoms with van der Waals surface area (Å²) in [5.41, 5.74) is 1.03. The molecular weight excluding hydrogens is 268 g/mol. The van der Waals surface area contributed by atoms with Gasteiger partial charge in [-0.05, 0) is 49.8 Å². The predicted molar refractivity (Wildman–Crippen MR) is 80.6 cm³/mol. The second kappa shape index (κ2) is 5.06. The van der Waals surface area contributed by atoms with Gasteiger partial charge in [-0.3, -0.25) is 4.79 Å². The summed E-state index contributed by atoms with van der Waals surface area (Å²) in [6.45, 7) is 2.19. The van der Waals surface area contributed by atoms with Crippen molar-refractivity contribution in [3.8, 4) is 0 Å². The second-order valence-electron chi connectivity index (χ2n) is 6.08. The first-order chi connectivity index (χ1) is 10.0. The predicted octanol–water partition coefficient (Wildman–Crippen LogP) is 3.09. The molecule has 3 rings (SSSR count). The van der Waals surface area contributed by atoms with Crippen LogP contribution in [-0.4, -0.2) is 22.5 Å². The number of carboxylic acid groups (broad SMARTS) is 1. The minimum absolute atomic E-state index is 0.0351. The van der Waals surface area contributed by atoms with E-state index in [9.17, 15) is 9.59 Å². The summed E-state index contributed by atoms with van der Waals surface area (Å²) >= 11 is 0. The molecule has 1 aromatic carbocycles. The lowest BCUT2D eigenvalue weighted by molar-refractivity contribution is -0.121. The van der Waals surface area contributed by atoms with E-state index in [1.165, 1.54) is 6.07 Å². The monoisotopic (exact) mass is 288 g/mol. The van der Waals surface area contributed by atoms with Gasteiger partial charge in [-0.15, -0.1) is 0 Å². The fourth-order valence-corrected chi connectivity index (χ4v) is 3.38. The Morgan fingerprint density at radius 2 is 2.05 bits per heavy atom. The largest absolute Gasteiger partial charge is 0.478 e. The van der Waals surface area contributed by atoms with Crippen LogP contribution in [0, 0.1) is 5.92 Å². The molecule has 1 spiro atoms. The molecule has 0 atom stereocenters. The molecule has 3 N–H and O–H groups in total. The van der Waals surface area contributed by atoms with Crippen LogP contribution in [0.15, 0.2) is 18.2 Å². The highest BCUT2D eigenvalue weighted by Crippen LogP contribution is 2.41. The average molecular weight is 288 g/mol. The first kappa shape index (κ1) is 13.9. The van der Waals surface area contributed by atoms with E-state index in [1.54, 1.807) is 12.1 Å². The van der Waals surface area contributed by atoms with Crippen molar-refractivity contribution in [3.63, 3.8) is 0 Å². The van der Waals surface area contributed by atoms with Crippen LogP contribution in [0.4, 0.5) is 11.4 Å². The van der Waals surface area contributed by atoms with E-state index < -0.39 is 11.5 Å². The number of rotatable bonds is 2. The summed E-state index contributed by atoms with van der Waals surface area (Å²) in [5.74, 6) is -0.316. The van der Waals surface area contributed by atoms with Crippen molar-refractivity contribution in [2.45, 2.75) is 44.6 Å². The first-order valence-corrected chi connectivity index (χ1v) is 7.51. The van der Waals surface area contributed by atoms with Gasteiger partial charge in [0.05, 0.1) is 16.9 Å². The van der Waals surface area contributed by atoms with Crippen molar-refractivity contribution < 1.29 is 14.7 Å². The summed E-state index contributed by atoms with van der Waals surface area (Å²) in [5, 5.41) is 15.3. The maximum atomic E-state index is 12.5.